The monoisotopic (exact) mass is 255 g/mol. The number of hydrogen-bond acceptors (Lipinski definition) is 3. The van der Waals surface area contributed by atoms with Crippen LogP contribution in [0.1, 0.15) is 31.5 Å². The van der Waals surface area contributed by atoms with Crippen molar-refractivity contribution in [3.63, 3.8) is 0 Å². The number of rotatable bonds is 5. The fraction of sp³-hybridized carbons (Fsp3) is 0.375. The van der Waals surface area contributed by atoms with Crippen molar-refractivity contribution in [2.75, 3.05) is 12.4 Å². The number of benzene rings is 1. The first-order chi connectivity index (χ1) is 9.26. The number of aromatic nitrogens is 2. The van der Waals surface area contributed by atoms with E-state index >= 15 is 0 Å². The Bertz CT molecular complexity index is 532. The summed E-state index contributed by atoms with van der Waals surface area (Å²) in [4.78, 5) is 9.18. The third-order valence-electron chi connectivity index (χ3n) is 3.16. The lowest BCUT2D eigenvalue weighted by molar-refractivity contribution is 0.876. The molecule has 0 fully saturated rings. The predicted molar refractivity (Wildman–Crippen MR) is 80.4 cm³/mol. The lowest BCUT2D eigenvalue weighted by Gasteiger charge is -2.08. The van der Waals surface area contributed by atoms with Crippen LogP contribution in [-0.4, -0.2) is 17.0 Å². The molecule has 0 saturated heterocycles. The molecule has 2 rings (SSSR count). The average molecular weight is 255 g/mol. The molecule has 1 heterocycles. The van der Waals surface area contributed by atoms with Crippen LogP contribution in [0.4, 0.5) is 5.82 Å². The zero-order valence-electron chi connectivity index (χ0n) is 11.9. The Hall–Kier alpha value is -1.90. The maximum atomic E-state index is 4.65. The van der Waals surface area contributed by atoms with Gasteiger partial charge in [-0.3, -0.25) is 0 Å². The highest BCUT2D eigenvalue weighted by Gasteiger charge is 2.06. The summed E-state index contributed by atoms with van der Waals surface area (Å²) in [7, 11) is 1.89. The molecule has 2 aromatic rings. The van der Waals surface area contributed by atoms with E-state index in [-0.39, 0.29) is 0 Å². The van der Waals surface area contributed by atoms with E-state index in [0.717, 1.165) is 42.2 Å². The normalized spacial score (nSPS) is 10.5. The van der Waals surface area contributed by atoms with Gasteiger partial charge in [-0.1, -0.05) is 44.5 Å². The smallest absolute Gasteiger partial charge is 0.161 e. The van der Waals surface area contributed by atoms with Crippen molar-refractivity contribution in [2.24, 2.45) is 0 Å². The Kier molecular flexibility index (Phi) is 4.50. The number of anilines is 1. The second-order valence-corrected chi connectivity index (χ2v) is 4.62. The maximum Gasteiger partial charge on any atom is 0.161 e. The molecule has 1 aromatic carbocycles. The van der Waals surface area contributed by atoms with Gasteiger partial charge in [-0.15, -0.1) is 0 Å². The van der Waals surface area contributed by atoms with Crippen LogP contribution < -0.4 is 5.32 Å². The molecule has 0 atom stereocenters. The lowest BCUT2D eigenvalue weighted by Crippen LogP contribution is -2.01. The molecular formula is C16H21N3. The van der Waals surface area contributed by atoms with Gasteiger partial charge in [-0.2, -0.15) is 0 Å². The summed E-state index contributed by atoms with van der Waals surface area (Å²) in [5, 5.41) is 3.11. The van der Waals surface area contributed by atoms with Crippen LogP contribution in [0.3, 0.4) is 0 Å². The van der Waals surface area contributed by atoms with Crippen molar-refractivity contribution in [3.05, 3.63) is 41.6 Å². The Balaban J connectivity index is 2.38. The van der Waals surface area contributed by atoms with Gasteiger partial charge in [0, 0.05) is 24.4 Å². The number of nitrogens with zero attached hydrogens (tertiary/aromatic N) is 2. The third-order valence-corrected chi connectivity index (χ3v) is 3.16. The zero-order valence-corrected chi connectivity index (χ0v) is 11.9. The fourth-order valence-corrected chi connectivity index (χ4v) is 2.03. The van der Waals surface area contributed by atoms with Gasteiger partial charge in [-0.25, -0.2) is 9.97 Å². The van der Waals surface area contributed by atoms with Crippen molar-refractivity contribution < 1.29 is 0 Å². The summed E-state index contributed by atoms with van der Waals surface area (Å²) in [6.45, 7) is 4.32. The molecule has 0 unspecified atom stereocenters. The van der Waals surface area contributed by atoms with E-state index in [1.54, 1.807) is 0 Å². The van der Waals surface area contributed by atoms with Gasteiger partial charge in [-0.05, 0) is 18.4 Å². The van der Waals surface area contributed by atoms with Crippen LogP contribution in [0.2, 0.25) is 0 Å². The van der Waals surface area contributed by atoms with Crippen molar-refractivity contribution in [1.29, 1.82) is 0 Å². The number of nitrogens with one attached hydrogen (secondary N) is 1. The second kappa shape index (κ2) is 6.32. The largest absolute Gasteiger partial charge is 0.373 e. The van der Waals surface area contributed by atoms with E-state index in [1.165, 1.54) is 5.56 Å². The Morgan fingerprint density at radius 1 is 1.05 bits per heavy atom. The van der Waals surface area contributed by atoms with E-state index in [2.05, 4.69) is 53.4 Å². The number of hydrogen-bond donors (Lipinski definition) is 1. The Morgan fingerprint density at radius 2 is 1.79 bits per heavy atom. The molecule has 19 heavy (non-hydrogen) atoms. The fourth-order valence-electron chi connectivity index (χ4n) is 2.03. The molecule has 0 amide bonds. The Labute approximate surface area is 115 Å². The van der Waals surface area contributed by atoms with Gasteiger partial charge in [0.05, 0.1) is 0 Å². The highest BCUT2D eigenvalue weighted by molar-refractivity contribution is 5.58. The van der Waals surface area contributed by atoms with Crippen molar-refractivity contribution in [3.8, 4) is 11.4 Å². The topological polar surface area (TPSA) is 37.8 Å². The molecule has 0 bridgehead atoms. The van der Waals surface area contributed by atoms with Crippen LogP contribution in [0.15, 0.2) is 30.3 Å². The van der Waals surface area contributed by atoms with E-state index in [9.17, 15) is 0 Å². The summed E-state index contributed by atoms with van der Waals surface area (Å²) in [5.41, 5.74) is 3.50. The SMILES string of the molecule is CCCc1cc(NC)nc(-c2ccc(CC)cc2)n1. The first-order valence-electron chi connectivity index (χ1n) is 6.91. The van der Waals surface area contributed by atoms with E-state index in [0.29, 0.717) is 0 Å². The van der Waals surface area contributed by atoms with Crippen molar-refractivity contribution in [2.45, 2.75) is 33.1 Å². The Morgan fingerprint density at radius 3 is 2.37 bits per heavy atom. The molecule has 3 nitrogen and oxygen atoms in total. The molecule has 0 saturated carbocycles. The molecule has 3 heteroatoms. The zero-order chi connectivity index (χ0) is 13.7. The van der Waals surface area contributed by atoms with Crippen LogP contribution in [0.5, 0.6) is 0 Å². The third kappa shape index (κ3) is 3.31. The molecule has 0 spiro atoms. The standard InChI is InChI=1S/C16H21N3/c1-4-6-14-11-15(17-3)19-16(18-14)13-9-7-12(5-2)8-10-13/h7-11H,4-6H2,1-3H3,(H,17,18,19). The van der Waals surface area contributed by atoms with Crippen LogP contribution >= 0.6 is 0 Å². The van der Waals surface area contributed by atoms with Gasteiger partial charge in [0.1, 0.15) is 5.82 Å². The van der Waals surface area contributed by atoms with Gasteiger partial charge in [0.15, 0.2) is 5.82 Å². The molecule has 1 N–H and O–H groups in total. The minimum Gasteiger partial charge on any atom is -0.373 e. The second-order valence-electron chi connectivity index (χ2n) is 4.62. The quantitative estimate of drug-likeness (QED) is 0.885. The lowest BCUT2D eigenvalue weighted by atomic mass is 10.1. The number of aryl methyl sites for hydroxylation is 2. The minimum atomic E-state index is 0.804. The van der Waals surface area contributed by atoms with Crippen LogP contribution in [0.25, 0.3) is 11.4 Å². The summed E-state index contributed by atoms with van der Waals surface area (Å²) >= 11 is 0. The highest BCUT2D eigenvalue weighted by atomic mass is 15.0. The van der Waals surface area contributed by atoms with Gasteiger partial charge < -0.3 is 5.32 Å². The maximum absolute atomic E-state index is 4.65. The first kappa shape index (κ1) is 13.5. The molecule has 100 valence electrons. The van der Waals surface area contributed by atoms with E-state index in [4.69, 9.17) is 0 Å². The van der Waals surface area contributed by atoms with Gasteiger partial charge >= 0.3 is 0 Å². The van der Waals surface area contributed by atoms with Gasteiger partial charge in [0.25, 0.3) is 0 Å². The summed E-state index contributed by atoms with van der Waals surface area (Å²) in [6.07, 6.45) is 3.13. The highest BCUT2D eigenvalue weighted by Crippen LogP contribution is 2.19. The average Bonchev–Trinajstić information content (AvgIpc) is 2.47. The summed E-state index contributed by atoms with van der Waals surface area (Å²) < 4.78 is 0. The molecule has 0 aliphatic rings. The predicted octanol–water partition coefficient (Wildman–Crippen LogP) is 3.70. The van der Waals surface area contributed by atoms with Crippen molar-refractivity contribution in [1.82, 2.24) is 9.97 Å². The first-order valence-corrected chi connectivity index (χ1v) is 6.91. The van der Waals surface area contributed by atoms with E-state index < -0.39 is 0 Å². The molecular weight excluding hydrogens is 234 g/mol. The van der Waals surface area contributed by atoms with Crippen LogP contribution in [0, 0.1) is 0 Å². The molecule has 0 radical (unpaired) electrons. The van der Waals surface area contributed by atoms with Gasteiger partial charge in [0.2, 0.25) is 0 Å². The summed E-state index contributed by atoms with van der Waals surface area (Å²) in [6, 6.07) is 10.5. The van der Waals surface area contributed by atoms with Crippen LogP contribution in [-0.2, 0) is 12.8 Å². The molecule has 0 aliphatic heterocycles. The molecule has 0 aliphatic carbocycles. The minimum absolute atomic E-state index is 0.804. The summed E-state index contributed by atoms with van der Waals surface area (Å²) in [5.74, 6) is 1.69. The van der Waals surface area contributed by atoms with E-state index in [1.807, 2.05) is 13.1 Å². The van der Waals surface area contributed by atoms with Crippen molar-refractivity contribution >= 4 is 5.82 Å². The molecule has 1 aromatic heterocycles.